The molecule has 0 spiro atoms. The standard InChI is InChI=1S/C9H11N3OS/c1-3-12-6-4-5-14-8(6)7(11-12)9(13)10-2/h4-5H,3H2,1-2H3,(H,10,13). The zero-order valence-electron chi connectivity index (χ0n) is 8.07. The van der Waals surface area contributed by atoms with Gasteiger partial charge in [-0.15, -0.1) is 11.3 Å². The second kappa shape index (κ2) is 3.42. The Hall–Kier alpha value is -1.36. The van der Waals surface area contributed by atoms with E-state index in [4.69, 9.17) is 0 Å². The second-order valence-electron chi connectivity index (χ2n) is 2.88. The van der Waals surface area contributed by atoms with Gasteiger partial charge in [0.05, 0.1) is 10.2 Å². The topological polar surface area (TPSA) is 46.9 Å². The third-order valence-electron chi connectivity index (χ3n) is 2.10. The van der Waals surface area contributed by atoms with Crippen LogP contribution in [0.2, 0.25) is 0 Å². The molecule has 0 aliphatic rings. The molecule has 2 heterocycles. The number of aryl methyl sites for hydroxylation is 1. The quantitative estimate of drug-likeness (QED) is 0.814. The minimum absolute atomic E-state index is 0.121. The van der Waals surface area contributed by atoms with E-state index in [9.17, 15) is 4.79 Å². The molecule has 74 valence electrons. The molecule has 1 N–H and O–H groups in total. The van der Waals surface area contributed by atoms with Crippen molar-refractivity contribution in [3.05, 3.63) is 17.1 Å². The minimum atomic E-state index is -0.121. The fraction of sp³-hybridized carbons (Fsp3) is 0.333. The summed E-state index contributed by atoms with van der Waals surface area (Å²) in [6.45, 7) is 2.79. The molecule has 4 nitrogen and oxygen atoms in total. The molecule has 0 aliphatic heterocycles. The van der Waals surface area contributed by atoms with Gasteiger partial charge in [0.15, 0.2) is 5.69 Å². The van der Waals surface area contributed by atoms with Gasteiger partial charge in [-0.05, 0) is 18.4 Å². The van der Waals surface area contributed by atoms with E-state index < -0.39 is 0 Å². The first kappa shape index (κ1) is 9.21. The number of carbonyl (C=O) groups is 1. The molecule has 0 bridgehead atoms. The van der Waals surface area contributed by atoms with Crippen molar-refractivity contribution in [1.82, 2.24) is 15.1 Å². The summed E-state index contributed by atoms with van der Waals surface area (Å²) in [5, 5.41) is 8.82. The molecule has 0 aliphatic carbocycles. The molecule has 2 rings (SSSR count). The molecule has 0 unspecified atom stereocenters. The molecule has 0 fully saturated rings. The molecule has 0 aromatic carbocycles. The van der Waals surface area contributed by atoms with Gasteiger partial charge in [0.2, 0.25) is 0 Å². The van der Waals surface area contributed by atoms with Crippen molar-refractivity contribution in [2.24, 2.45) is 0 Å². The number of nitrogens with one attached hydrogen (secondary N) is 1. The van der Waals surface area contributed by atoms with Crippen LogP contribution >= 0.6 is 11.3 Å². The highest BCUT2D eigenvalue weighted by Crippen LogP contribution is 2.24. The van der Waals surface area contributed by atoms with Gasteiger partial charge in [-0.3, -0.25) is 9.48 Å². The van der Waals surface area contributed by atoms with Crippen LogP contribution < -0.4 is 5.32 Å². The van der Waals surface area contributed by atoms with Crippen LogP contribution in [0.5, 0.6) is 0 Å². The Labute approximate surface area is 85.5 Å². The van der Waals surface area contributed by atoms with Crippen molar-refractivity contribution >= 4 is 27.5 Å². The molecule has 2 aromatic rings. The van der Waals surface area contributed by atoms with Crippen molar-refractivity contribution < 1.29 is 4.79 Å². The maximum atomic E-state index is 11.5. The van der Waals surface area contributed by atoms with Crippen LogP contribution in [-0.4, -0.2) is 22.7 Å². The van der Waals surface area contributed by atoms with Gasteiger partial charge in [0.1, 0.15) is 0 Å². The Bertz CT molecular complexity index is 471. The second-order valence-corrected chi connectivity index (χ2v) is 3.79. The summed E-state index contributed by atoms with van der Waals surface area (Å²) in [6, 6.07) is 1.99. The molecule has 5 heteroatoms. The Morgan fingerprint density at radius 3 is 3.14 bits per heavy atom. The van der Waals surface area contributed by atoms with E-state index in [1.807, 2.05) is 23.1 Å². The molecule has 0 radical (unpaired) electrons. The Morgan fingerprint density at radius 2 is 2.50 bits per heavy atom. The van der Waals surface area contributed by atoms with Crippen LogP contribution in [0.25, 0.3) is 10.2 Å². The zero-order chi connectivity index (χ0) is 10.1. The van der Waals surface area contributed by atoms with Crippen LogP contribution in [0.1, 0.15) is 17.4 Å². The predicted octanol–water partition coefficient (Wildman–Crippen LogP) is 1.48. The van der Waals surface area contributed by atoms with Crippen molar-refractivity contribution in [2.75, 3.05) is 7.05 Å². The summed E-state index contributed by atoms with van der Waals surface area (Å²) < 4.78 is 2.81. The van der Waals surface area contributed by atoms with Crippen LogP contribution in [0.15, 0.2) is 11.4 Å². The van der Waals surface area contributed by atoms with Gasteiger partial charge in [0, 0.05) is 13.6 Å². The van der Waals surface area contributed by atoms with E-state index >= 15 is 0 Å². The first-order chi connectivity index (χ1) is 6.77. The molecule has 14 heavy (non-hydrogen) atoms. The average molecular weight is 209 g/mol. The highest BCUT2D eigenvalue weighted by atomic mass is 32.1. The number of carbonyl (C=O) groups excluding carboxylic acids is 1. The van der Waals surface area contributed by atoms with E-state index in [2.05, 4.69) is 10.4 Å². The lowest BCUT2D eigenvalue weighted by Crippen LogP contribution is -2.18. The molecule has 0 saturated carbocycles. The lowest BCUT2D eigenvalue weighted by molar-refractivity contribution is 0.0959. The number of hydrogen-bond acceptors (Lipinski definition) is 3. The molecular weight excluding hydrogens is 198 g/mol. The van der Waals surface area contributed by atoms with Crippen molar-refractivity contribution in [1.29, 1.82) is 0 Å². The fourth-order valence-corrected chi connectivity index (χ4v) is 2.28. The van der Waals surface area contributed by atoms with Crippen molar-refractivity contribution in [2.45, 2.75) is 13.5 Å². The Morgan fingerprint density at radius 1 is 1.71 bits per heavy atom. The number of rotatable bonds is 2. The first-order valence-corrected chi connectivity index (χ1v) is 5.32. The van der Waals surface area contributed by atoms with Gasteiger partial charge in [-0.25, -0.2) is 0 Å². The van der Waals surface area contributed by atoms with E-state index in [1.165, 1.54) is 0 Å². The first-order valence-electron chi connectivity index (χ1n) is 4.44. The number of fused-ring (bicyclic) bond motifs is 1. The number of hydrogen-bond donors (Lipinski definition) is 1. The maximum absolute atomic E-state index is 11.5. The van der Waals surface area contributed by atoms with E-state index in [-0.39, 0.29) is 5.91 Å². The Kier molecular flexibility index (Phi) is 2.25. The molecule has 1 amide bonds. The highest BCUT2D eigenvalue weighted by Gasteiger charge is 2.16. The number of amides is 1. The van der Waals surface area contributed by atoms with E-state index in [0.29, 0.717) is 5.69 Å². The van der Waals surface area contributed by atoms with Gasteiger partial charge in [-0.1, -0.05) is 0 Å². The third-order valence-corrected chi connectivity index (χ3v) is 3.01. The smallest absolute Gasteiger partial charge is 0.273 e. The van der Waals surface area contributed by atoms with E-state index in [0.717, 1.165) is 16.8 Å². The summed E-state index contributed by atoms with van der Waals surface area (Å²) >= 11 is 1.55. The monoisotopic (exact) mass is 209 g/mol. The lowest BCUT2D eigenvalue weighted by atomic mass is 10.4. The SMILES string of the molecule is CCn1nc(C(=O)NC)c2sccc21. The largest absolute Gasteiger partial charge is 0.354 e. The minimum Gasteiger partial charge on any atom is -0.354 e. The number of thiophene rings is 1. The van der Waals surface area contributed by atoms with Crippen LogP contribution in [0.4, 0.5) is 0 Å². The number of aromatic nitrogens is 2. The molecule has 0 saturated heterocycles. The maximum Gasteiger partial charge on any atom is 0.273 e. The lowest BCUT2D eigenvalue weighted by Gasteiger charge is -1.94. The number of nitrogens with zero attached hydrogens (tertiary/aromatic N) is 2. The molecule has 0 atom stereocenters. The van der Waals surface area contributed by atoms with Gasteiger partial charge < -0.3 is 5.32 Å². The average Bonchev–Trinajstić information content (AvgIpc) is 2.76. The third kappa shape index (κ3) is 1.21. The zero-order valence-corrected chi connectivity index (χ0v) is 8.89. The Balaban J connectivity index is 2.64. The van der Waals surface area contributed by atoms with Gasteiger partial charge in [-0.2, -0.15) is 5.10 Å². The normalized spacial score (nSPS) is 10.7. The summed E-state index contributed by atoms with van der Waals surface area (Å²) in [5.74, 6) is -0.121. The highest BCUT2D eigenvalue weighted by molar-refractivity contribution is 7.17. The summed E-state index contributed by atoms with van der Waals surface area (Å²) in [7, 11) is 1.62. The summed E-state index contributed by atoms with van der Waals surface area (Å²) in [4.78, 5) is 11.5. The van der Waals surface area contributed by atoms with Crippen molar-refractivity contribution in [3.8, 4) is 0 Å². The summed E-state index contributed by atoms with van der Waals surface area (Å²) in [6.07, 6.45) is 0. The molecular formula is C9H11N3OS. The van der Waals surface area contributed by atoms with Crippen molar-refractivity contribution in [3.63, 3.8) is 0 Å². The van der Waals surface area contributed by atoms with Gasteiger partial charge >= 0.3 is 0 Å². The van der Waals surface area contributed by atoms with Crippen LogP contribution in [0, 0.1) is 0 Å². The fourth-order valence-electron chi connectivity index (χ4n) is 1.41. The molecule has 2 aromatic heterocycles. The predicted molar refractivity (Wildman–Crippen MR) is 56.7 cm³/mol. The van der Waals surface area contributed by atoms with Crippen LogP contribution in [0.3, 0.4) is 0 Å². The van der Waals surface area contributed by atoms with E-state index in [1.54, 1.807) is 18.4 Å². The summed E-state index contributed by atoms with van der Waals surface area (Å²) in [5.41, 5.74) is 1.57. The van der Waals surface area contributed by atoms with Gasteiger partial charge in [0.25, 0.3) is 5.91 Å². The van der Waals surface area contributed by atoms with Crippen LogP contribution in [-0.2, 0) is 6.54 Å².